The zero-order valence-electron chi connectivity index (χ0n) is 10.1. The second-order valence-electron chi connectivity index (χ2n) is 4.02. The van der Waals surface area contributed by atoms with Gasteiger partial charge in [-0.15, -0.1) is 0 Å². The molecule has 2 rings (SSSR count). The number of nitrogens with one attached hydrogen (secondary N) is 1. The van der Waals surface area contributed by atoms with Crippen LogP contribution in [0.2, 0.25) is 10.0 Å². The monoisotopic (exact) mass is 374 g/mol. The van der Waals surface area contributed by atoms with Crippen LogP contribution in [0.1, 0.15) is 5.56 Å². The van der Waals surface area contributed by atoms with Gasteiger partial charge in [0.1, 0.15) is 0 Å². The fourth-order valence-electron chi connectivity index (χ4n) is 1.68. The summed E-state index contributed by atoms with van der Waals surface area (Å²) in [5, 5.41) is 14.8. The number of rotatable bonds is 4. The van der Waals surface area contributed by atoms with E-state index >= 15 is 0 Å². The SMILES string of the molecule is O=[N+]([O-])c1cccc(CNc2c(Cl)cc(Br)cc2Cl)c1. The van der Waals surface area contributed by atoms with E-state index in [9.17, 15) is 10.1 Å². The van der Waals surface area contributed by atoms with E-state index in [1.165, 1.54) is 12.1 Å². The van der Waals surface area contributed by atoms with Gasteiger partial charge in [0.05, 0.1) is 20.7 Å². The number of halogens is 3. The van der Waals surface area contributed by atoms with E-state index in [-0.39, 0.29) is 5.69 Å². The van der Waals surface area contributed by atoms with E-state index in [0.717, 1.165) is 10.0 Å². The second kappa shape index (κ2) is 6.43. The third-order valence-corrected chi connectivity index (χ3v) is 3.65. The molecule has 0 spiro atoms. The molecule has 0 atom stereocenters. The molecule has 0 radical (unpaired) electrons. The molecule has 0 bridgehead atoms. The fourth-order valence-corrected chi connectivity index (χ4v) is 3.02. The lowest BCUT2D eigenvalue weighted by atomic mass is 10.2. The lowest BCUT2D eigenvalue weighted by molar-refractivity contribution is -0.384. The first-order valence-electron chi connectivity index (χ1n) is 5.59. The molecule has 0 heterocycles. The molecular formula is C13H9BrCl2N2O2. The summed E-state index contributed by atoms with van der Waals surface area (Å²) in [6, 6.07) is 9.84. The van der Waals surface area contributed by atoms with Crippen molar-refractivity contribution >= 4 is 50.5 Å². The smallest absolute Gasteiger partial charge is 0.269 e. The summed E-state index contributed by atoms with van der Waals surface area (Å²) in [4.78, 5) is 10.3. The average molecular weight is 376 g/mol. The zero-order chi connectivity index (χ0) is 14.7. The molecule has 0 saturated carbocycles. The van der Waals surface area contributed by atoms with E-state index in [2.05, 4.69) is 21.2 Å². The highest BCUT2D eigenvalue weighted by Gasteiger charge is 2.09. The first-order valence-corrected chi connectivity index (χ1v) is 7.14. The molecule has 0 amide bonds. The van der Waals surface area contributed by atoms with Crippen molar-refractivity contribution in [2.24, 2.45) is 0 Å². The van der Waals surface area contributed by atoms with Gasteiger partial charge < -0.3 is 5.32 Å². The summed E-state index contributed by atoms with van der Waals surface area (Å²) >= 11 is 15.5. The summed E-state index contributed by atoms with van der Waals surface area (Å²) in [6.45, 7) is 0.392. The van der Waals surface area contributed by atoms with Crippen LogP contribution >= 0.6 is 39.1 Å². The molecule has 104 valence electrons. The molecule has 2 aromatic carbocycles. The van der Waals surface area contributed by atoms with Gasteiger partial charge >= 0.3 is 0 Å². The maximum Gasteiger partial charge on any atom is 0.269 e. The highest BCUT2D eigenvalue weighted by Crippen LogP contribution is 2.34. The quantitative estimate of drug-likeness (QED) is 0.584. The largest absolute Gasteiger partial charge is 0.379 e. The topological polar surface area (TPSA) is 55.2 Å². The van der Waals surface area contributed by atoms with Crippen LogP contribution in [0.4, 0.5) is 11.4 Å². The third kappa shape index (κ3) is 3.62. The third-order valence-electron chi connectivity index (χ3n) is 2.60. The van der Waals surface area contributed by atoms with E-state index in [1.807, 2.05) is 0 Å². The molecule has 0 aliphatic rings. The number of anilines is 1. The molecule has 7 heteroatoms. The van der Waals surface area contributed by atoms with Gasteiger partial charge in [0.25, 0.3) is 5.69 Å². The first kappa shape index (κ1) is 15.1. The molecular weight excluding hydrogens is 367 g/mol. The molecule has 2 aromatic rings. The van der Waals surface area contributed by atoms with Crippen molar-refractivity contribution in [3.05, 3.63) is 66.6 Å². The highest BCUT2D eigenvalue weighted by molar-refractivity contribution is 9.10. The number of nitro benzene ring substituents is 1. The Kier molecular flexibility index (Phi) is 4.86. The van der Waals surface area contributed by atoms with Crippen LogP contribution in [0.3, 0.4) is 0 Å². The van der Waals surface area contributed by atoms with Crippen LogP contribution in [0.5, 0.6) is 0 Å². The van der Waals surface area contributed by atoms with E-state index in [4.69, 9.17) is 23.2 Å². The van der Waals surface area contributed by atoms with Crippen molar-refractivity contribution in [1.29, 1.82) is 0 Å². The Hall–Kier alpha value is -1.30. The predicted octanol–water partition coefficient (Wildman–Crippen LogP) is 5.28. The maximum atomic E-state index is 10.7. The number of nitro groups is 1. The van der Waals surface area contributed by atoms with Gasteiger partial charge in [-0.05, 0) is 17.7 Å². The van der Waals surface area contributed by atoms with Crippen molar-refractivity contribution < 1.29 is 4.92 Å². The summed E-state index contributed by atoms with van der Waals surface area (Å²) < 4.78 is 0.786. The predicted molar refractivity (Wildman–Crippen MR) is 84.6 cm³/mol. The number of hydrogen-bond acceptors (Lipinski definition) is 3. The van der Waals surface area contributed by atoms with Gasteiger partial charge in [0.15, 0.2) is 0 Å². The lowest BCUT2D eigenvalue weighted by Crippen LogP contribution is -2.01. The van der Waals surface area contributed by atoms with Crippen molar-refractivity contribution in [2.45, 2.75) is 6.54 Å². The molecule has 4 nitrogen and oxygen atoms in total. The van der Waals surface area contributed by atoms with Crippen molar-refractivity contribution in [3.63, 3.8) is 0 Å². The van der Waals surface area contributed by atoms with Crippen LogP contribution in [-0.4, -0.2) is 4.92 Å². The Morgan fingerprint density at radius 3 is 2.45 bits per heavy atom. The Morgan fingerprint density at radius 2 is 1.85 bits per heavy atom. The molecule has 0 aromatic heterocycles. The number of non-ortho nitro benzene ring substituents is 1. The average Bonchev–Trinajstić information content (AvgIpc) is 2.37. The van der Waals surface area contributed by atoms with Crippen molar-refractivity contribution in [3.8, 4) is 0 Å². The highest BCUT2D eigenvalue weighted by atomic mass is 79.9. The van der Waals surface area contributed by atoms with E-state index in [0.29, 0.717) is 22.3 Å². The van der Waals surface area contributed by atoms with Gasteiger partial charge in [-0.25, -0.2) is 0 Å². The second-order valence-corrected chi connectivity index (χ2v) is 5.76. The normalized spacial score (nSPS) is 10.3. The van der Waals surface area contributed by atoms with E-state index in [1.54, 1.807) is 24.3 Å². The zero-order valence-corrected chi connectivity index (χ0v) is 13.2. The Labute approximate surface area is 134 Å². The molecule has 0 saturated heterocycles. The van der Waals surface area contributed by atoms with Crippen LogP contribution in [0, 0.1) is 10.1 Å². The number of nitrogens with zero attached hydrogens (tertiary/aromatic N) is 1. The summed E-state index contributed by atoms with van der Waals surface area (Å²) in [6.07, 6.45) is 0. The minimum absolute atomic E-state index is 0.0531. The Bertz CT molecular complexity index is 642. The van der Waals surface area contributed by atoms with Gasteiger partial charge in [-0.2, -0.15) is 0 Å². The number of benzene rings is 2. The van der Waals surface area contributed by atoms with Crippen molar-refractivity contribution in [2.75, 3.05) is 5.32 Å². The lowest BCUT2D eigenvalue weighted by Gasteiger charge is -2.11. The molecule has 0 aliphatic heterocycles. The standard InChI is InChI=1S/C13H9BrCl2N2O2/c14-9-5-11(15)13(12(16)6-9)17-7-8-2-1-3-10(4-8)18(19)20/h1-6,17H,7H2. The maximum absolute atomic E-state index is 10.7. The first-order chi connectivity index (χ1) is 9.47. The minimum atomic E-state index is -0.427. The molecule has 0 fully saturated rings. The Morgan fingerprint density at radius 1 is 1.20 bits per heavy atom. The van der Waals surface area contributed by atoms with E-state index < -0.39 is 4.92 Å². The van der Waals surface area contributed by atoms with Crippen molar-refractivity contribution in [1.82, 2.24) is 0 Å². The van der Waals surface area contributed by atoms with Gasteiger partial charge in [-0.3, -0.25) is 10.1 Å². The summed E-state index contributed by atoms with van der Waals surface area (Å²) in [5.41, 5.74) is 1.43. The Balaban J connectivity index is 2.17. The summed E-state index contributed by atoms with van der Waals surface area (Å²) in [5.74, 6) is 0. The van der Waals surface area contributed by atoms with Crippen LogP contribution in [0.15, 0.2) is 40.9 Å². The van der Waals surface area contributed by atoms with Crippen LogP contribution < -0.4 is 5.32 Å². The van der Waals surface area contributed by atoms with Gasteiger partial charge in [0, 0.05) is 23.2 Å². The van der Waals surface area contributed by atoms with Crippen LogP contribution in [-0.2, 0) is 6.54 Å². The minimum Gasteiger partial charge on any atom is -0.379 e. The molecule has 0 unspecified atom stereocenters. The molecule has 1 N–H and O–H groups in total. The number of hydrogen-bond donors (Lipinski definition) is 1. The van der Waals surface area contributed by atoms with Crippen LogP contribution in [0.25, 0.3) is 0 Å². The van der Waals surface area contributed by atoms with Gasteiger partial charge in [-0.1, -0.05) is 51.3 Å². The fraction of sp³-hybridized carbons (Fsp3) is 0.0769. The van der Waals surface area contributed by atoms with Gasteiger partial charge in [0.2, 0.25) is 0 Å². The molecule has 0 aliphatic carbocycles. The summed E-state index contributed by atoms with van der Waals surface area (Å²) in [7, 11) is 0. The molecule has 20 heavy (non-hydrogen) atoms.